The van der Waals surface area contributed by atoms with E-state index in [1.807, 2.05) is 6.07 Å². The van der Waals surface area contributed by atoms with Crippen LogP contribution >= 0.6 is 0 Å². The number of aromatic nitrogens is 2. The lowest BCUT2D eigenvalue weighted by Gasteiger charge is -2.02. The van der Waals surface area contributed by atoms with Gasteiger partial charge in [0.25, 0.3) is 0 Å². The van der Waals surface area contributed by atoms with E-state index in [0.717, 1.165) is 0 Å². The van der Waals surface area contributed by atoms with Crippen molar-refractivity contribution in [3.05, 3.63) is 54.5 Å². The molecule has 2 heterocycles. The maximum absolute atomic E-state index is 13.3. The minimum Gasteiger partial charge on any atom is -0.380 e. The van der Waals surface area contributed by atoms with Gasteiger partial charge in [0.05, 0.1) is 5.56 Å². The zero-order valence-corrected chi connectivity index (χ0v) is 9.88. The number of pyridine rings is 1. The minimum atomic E-state index is -0.343. The molecule has 3 aromatic rings. The SMILES string of the molecule is Nc1noc(-c2ccccn2)c1-c1cccc(F)c1. The molecule has 2 N–H and O–H groups in total. The molecule has 0 amide bonds. The number of benzene rings is 1. The predicted molar refractivity (Wildman–Crippen MR) is 69.5 cm³/mol. The first-order valence-corrected chi connectivity index (χ1v) is 5.68. The van der Waals surface area contributed by atoms with Crippen LogP contribution in [0, 0.1) is 5.82 Å². The summed E-state index contributed by atoms with van der Waals surface area (Å²) >= 11 is 0. The van der Waals surface area contributed by atoms with Crippen LogP contribution in [0.1, 0.15) is 0 Å². The largest absolute Gasteiger partial charge is 0.380 e. The highest BCUT2D eigenvalue weighted by molar-refractivity contribution is 5.85. The zero-order chi connectivity index (χ0) is 13.2. The van der Waals surface area contributed by atoms with Crippen LogP contribution < -0.4 is 5.73 Å². The van der Waals surface area contributed by atoms with E-state index in [-0.39, 0.29) is 11.6 Å². The lowest BCUT2D eigenvalue weighted by molar-refractivity contribution is 0.435. The molecule has 2 aromatic heterocycles. The fraction of sp³-hybridized carbons (Fsp3) is 0. The van der Waals surface area contributed by atoms with Crippen molar-refractivity contribution >= 4 is 5.82 Å². The Hall–Kier alpha value is -2.69. The van der Waals surface area contributed by atoms with Crippen LogP contribution in [0.5, 0.6) is 0 Å². The van der Waals surface area contributed by atoms with Crippen LogP contribution in [0.3, 0.4) is 0 Å². The van der Waals surface area contributed by atoms with Gasteiger partial charge >= 0.3 is 0 Å². The molecule has 0 aliphatic rings. The topological polar surface area (TPSA) is 64.9 Å². The summed E-state index contributed by atoms with van der Waals surface area (Å²) in [5, 5.41) is 3.74. The monoisotopic (exact) mass is 255 g/mol. The van der Waals surface area contributed by atoms with E-state index in [1.165, 1.54) is 12.1 Å². The van der Waals surface area contributed by atoms with Gasteiger partial charge in [-0.2, -0.15) is 0 Å². The highest BCUT2D eigenvalue weighted by atomic mass is 19.1. The minimum absolute atomic E-state index is 0.214. The van der Waals surface area contributed by atoms with Gasteiger partial charge in [0, 0.05) is 6.20 Å². The molecule has 0 atom stereocenters. The second-order valence-electron chi connectivity index (χ2n) is 4.00. The fourth-order valence-electron chi connectivity index (χ4n) is 1.90. The highest BCUT2D eigenvalue weighted by Gasteiger charge is 2.18. The van der Waals surface area contributed by atoms with E-state index in [9.17, 15) is 4.39 Å². The van der Waals surface area contributed by atoms with Crippen molar-refractivity contribution in [2.24, 2.45) is 0 Å². The predicted octanol–water partition coefficient (Wildman–Crippen LogP) is 3.12. The Morgan fingerprint density at radius 1 is 1.11 bits per heavy atom. The quantitative estimate of drug-likeness (QED) is 0.764. The number of rotatable bonds is 2. The third-order valence-electron chi connectivity index (χ3n) is 2.73. The summed E-state index contributed by atoms with van der Waals surface area (Å²) in [6, 6.07) is 11.5. The molecule has 0 fully saturated rings. The van der Waals surface area contributed by atoms with Crippen LogP contribution in [0.4, 0.5) is 10.2 Å². The average Bonchev–Trinajstić information content (AvgIpc) is 2.82. The molecule has 4 nitrogen and oxygen atoms in total. The van der Waals surface area contributed by atoms with Gasteiger partial charge in [-0.3, -0.25) is 4.98 Å². The Bertz CT molecular complexity index is 710. The van der Waals surface area contributed by atoms with E-state index in [0.29, 0.717) is 22.6 Å². The first-order valence-electron chi connectivity index (χ1n) is 5.68. The van der Waals surface area contributed by atoms with Gasteiger partial charge in [-0.25, -0.2) is 4.39 Å². The summed E-state index contributed by atoms with van der Waals surface area (Å²) in [5.74, 6) is 0.306. The van der Waals surface area contributed by atoms with Gasteiger partial charge < -0.3 is 10.3 Å². The number of anilines is 1. The van der Waals surface area contributed by atoms with Crippen molar-refractivity contribution in [3.8, 4) is 22.6 Å². The molecule has 0 aliphatic carbocycles. The number of nitrogens with zero attached hydrogens (tertiary/aromatic N) is 2. The van der Waals surface area contributed by atoms with Crippen molar-refractivity contribution in [1.82, 2.24) is 10.1 Å². The van der Waals surface area contributed by atoms with Gasteiger partial charge in [0.15, 0.2) is 11.6 Å². The molecule has 0 unspecified atom stereocenters. The molecule has 19 heavy (non-hydrogen) atoms. The molecule has 94 valence electrons. The Labute approximate surface area is 108 Å². The van der Waals surface area contributed by atoms with Crippen LogP contribution in [-0.2, 0) is 0 Å². The summed E-state index contributed by atoms with van der Waals surface area (Å²) in [7, 11) is 0. The van der Waals surface area contributed by atoms with Crippen LogP contribution in [0.25, 0.3) is 22.6 Å². The van der Waals surface area contributed by atoms with Crippen molar-refractivity contribution in [1.29, 1.82) is 0 Å². The molecular weight excluding hydrogens is 245 g/mol. The number of nitrogen functional groups attached to an aromatic ring is 1. The Morgan fingerprint density at radius 2 is 2.00 bits per heavy atom. The average molecular weight is 255 g/mol. The smallest absolute Gasteiger partial charge is 0.195 e. The fourth-order valence-corrected chi connectivity index (χ4v) is 1.90. The molecule has 5 heteroatoms. The first kappa shape index (κ1) is 11.4. The van der Waals surface area contributed by atoms with Gasteiger partial charge in [-0.15, -0.1) is 0 Å². The van der Waals surface area contributed by atoms with E-state index >= 15 is 0 Å². The lowest BCUT2D eigenvalue weighted by atomic mass is 10.0. The summed E-state index contributed by atoms with van der Waals surface area (Å²) in [4.78, 5) is 4.19. The first-order chi connectivity index (χ1) is 9.25. The van der Waals surface area contributed by atoms with Crippen molar-refractivity contribution in [2.75, 3.05) is 5.73 Å². The van der Waals surface area contributed by atoms with Crippen LogP contribution in [-0.4, -0.2) is 10.1 Å². The van der Waals surface area contributed by atoms with Crippen LogP contribution in [0.15, 0.2) is 53.2 Å². The van der Waals surface area contributed by atoms with Crippen molar-refractivity contribution < 1.29 is 8.91 Å². The molecule has 3 rings (SSSR count). The maximum atomic E-state index is 13.3. The van der Waals surface area contributed by atoms with E-state index < -0.39 is 0 Å². The standard InChI is InChI=1S/C14H10FN3O/c15-10-5-3-4-9(8-10)12-13(19-18-14(12)16)11-6-1-2-7-17-11/h1-8H,(H2,16,18). The number of hydrogen-bond acceptors (Lipinski definition) is 4. The van der Waals surface area contributed by atoms with Gasteiger partial charge in [-0.1, -0.05) is 23.4 Å². The van der Waals surface area contributed by atoms with E-state index in [1.54, 1.807) is 30.5 Å². The highest BCUT2D eigenvalue weighted by Crippen LogP contribution is 2.35. The van der Waals surface area contributed by atoms with Gasteiger partial charge in [0.1, 0.15) is 11.5 Å². The normalized spacial score (nSPS) is 10.6. The zero-order valence-electron chi connectivity index (χ0n) is 9.88. The number of halogens is 1. The molecule has 1 aromatic carbocycles. The summed E-state index contributed by atoms with van der Waals surface area (Å²) in [5.41, 5.74) is 7.57. The molecular formula is C14H10FN3O. The van der Waals surface area contributed by atoms with E-state index in [4.69, 9.17) is 10.3 Å². The van der Waals surface area contributed by atoms with Crippen molar-refractivity contribution in [3.63, 3.8) is 0 Å². The molecule has 0 aliphatic heterocycles. The summed E-state index contributed by atoms with van der Waals surface area (Å²) in [6.07, 6.45) is 1.64. The summed E-state index contributed by atoms with van der Waals surface area (Å²) < 4.78 is 18.5. The third kappa shape index (κ3) is 2.06. The Morgan fingerprint density at radius 3 is 2.74 bits per heavy atom. The number of hydrogen-bond donors (Lipinski definition) is 1. The maximum Gasteiger partial charge on any atom is 0.195 e. The van der Waals surface area contributed by atoms with Gasteiger partial charge in [-0.05, 0) is 29.8 Å². The van der Waals surface area contributed by atoms with Crippen LogP contribution in [0.2, 0.25) is 0 Å². The Balaban J connectivity index is 2.20. The Kier molecular flexibility index (Phi) is 2.72. The molecule has 0 bridgehead atoms. The number of nitrogens with two attached hydrogens (primary N) is 1. The van der Waals surface area contributed by atoms with Crippen molar-refractivity contribution in [2.45, 2.75) is 0 Å². The lowest BCUT2D eigenvalue weighted by Crippen LogP contribution is -1.90. The molecule has 0 saturated heterocycles. The van der Waals surface area contributed by atoms with E-state index in [2.05, 4.69) is 10.1 Å². The molecule has 0 spiro atoms. The summed E-state index contributed by atoms with van der Waals surface area (Å²) in [6.45, 7) is 0. The second kappa shape index (κ2) is 4.53. The molecule has 0 saturated carbocycles. The molecule has 0 radical (unpaired) electrons. The second-order valence-corrected chi connectivity index (χ2v) is 4.00. The third-order valence-corrected chi connectivity index (χ3v) is 2.73. The van der Waals surface area contributed by atoms with Gasteiger partial charge in [0.2, 0.25) is 0 Å².